The highest BCUT2D eigenvalue weighted by molar-refractivity contribution is 6.09. The third-order valence-corrected chi connectivity index (χ3v) is 11.0. The summed E-state index contributed by atoms with van der Waals surface area (Å²) in [4.78, 5) is 38.4. The minimum Gasteiger partial charge on any atom is -0.507 e. The fourth-order valence-corrected chi connectivity index (χ4v) is 7.27. The van der Waals surface area contributed by atoms with Crippen molar-refractivity contribution >= 4 is 11.7 Å². The van der Waals surface area contributed by atoms with Crippen LogP contribution in [0.4, 0.5) is 0 Å². The third kappa shape index (κ3) is 10.9. The molecule has 0 aromatic carbocycles. The summed E-state index contributed by atoms with van der Waals surface area (Å²) in [5.74, 6) is -5.51. The summed E-state index contributed by atoms with van der Waals surface area (Å²) in [5.41, 5.74) is -0.881. The topological polar surface area (TPSA) is 217 Å². The zero-order chi connectivity index (χ0) is 43.5. The van der Waals surface area contributed by atoms with Gasteiger partial charge in [0.15, 0.2) is 5.78 Å². The highest BCUT2D eigenvalue weighted by Gasteiger charge is 2.60. The lowest BCUT2D eigenvalue weighted by atomic mass is 9.71. The maximum atomic E-state index is 13.3. The SMILES string of the molecule is C/C=C\C=C\[C@@H]1O[C@](O)([C@H](CC)C(=O)NC/C=C/C=C(\C)[C@@H](OC)[C@@H](C)[C@@H]2O[C@H](/C=C/C=C/C=C(\C)C(=O)c3c(O)ccn(C)c3=O)[C@H](O)[C@@H]2O)[C@H](O)[C@H](O)C1(C)C. The Hall–Kier alpha value is -4.25. The quantitative estimate of drug-likeness (QED) is 0.0687. The number of ketones is 1. The number of hydrogen-bond donors (Lipinski definition) is 7. The molecule has 0 aliphatic carbocycles. The van der Waals surface area contributed by atoms with E-state index in [-0.39, 0.29) is 24.1 Å². The van der Waals surface area contributed by atoms with Crippen LogP contribution in [0.25, 0.3) is 0 Å². The van der Waals surface area contributed by atoms with Crippen LogP contribution in [-0.2, 0) is 26.1 Å². The van der Waals surface area contributed by atoms with Gasteiger partial charge in [-0.05, 0) is 44.4 Å². The molecule has 320 valence electrons. The summed E-state index contributed by atoms with van der Waals surface area (Å²) >= 11 is 0. The number of Topliss-reactive ketones (excluding diaryl/α,β-unsaturated/α-hetero) is 1. The Balaban J connectivity index is 1.61. The molecule has 11 atom stereocenters. The first kappa shape index (κ1) is 48.1. The predicted molar refractivity (Wildman–Crippen MR) is 220 cm³/mol. The second-order valence-electron chi connectivity index (χ2n) is 15.5. The fourth-order valence-electron chi connectivity index (χ4n) is 7.27. The zero-order valence-corrected chi connectivity index (χ0v) is 34.9. The molecule has 2 aliphatic rings. The number of carbonyl (C=O) groups excluding carboxylic acids is 2. The minimum absolute atomic E-state index is 0.0818. The molecular formula is C44H62N2O12. The van der Waals surface area contributed by atoms with E-state index in [4.69, 9.17) is 14.2 Å². The van der Waals surface area contributed by atoms with E-state index < -0.39 is 94.9 Å². The molecule has 0 saturated carbocycles. The van der Waals surface area contributed by atoms with Crippen molar-refractivity contribution < 1.29 is 54.4 Å². The van der Waals surface area contributed by atoms with E-state index in [1.54, 1.807) is 81.5 Å². The van der Waals surface area contributed by atoms with E-state index in [0.29, 0.717) is 0 Å². The third-order valence-electron chi connectivity index (χ3n) is 11.0. The van der Waals surface area contributed by atoms with Crippen LogP contribution >= 0.6 is 0 Å². The molecule has 0 bridgehead atoms. The van der Waals surface area contributed by atoms with Crippen LogP contribution in [0.2, 0.25) is 0 Å². The van der Waals surface area contributed by atoms with Crippen LogP contribution in [-0.4, -0.2) is 115 Å². The Bertz CT molecular complexity index is 1860. The van der Waals surface area contributed by atoms with Gasteiger partial charge in [0.2, 0.25) is 11.7 Å². The standard InChI is InChI=1S/C44H62N2O12/c1-10-12-14-22-32-43(6,7)39(51)40(52)44(55,58-32)29(11-2)41(53)45-24-18-17-20-27(4)37(56-9)28(5)38-36(50)35(49)31(57-38)21-16-13-15-19-26(3)34(48)33-30(47)23-25-46(8)42(33)54/h10,12-23,25,28-29,31-32,35-40,47,49-52,55H,11,24H2,1-9H3,(H,45,53)/b12-10-,15-13+,18-17+,21-16+,22-14+,26-19+,27-20+/t28-,29-,31-,32+,35+,36+,37-,38+,39+,40-,44-/m1/s1. The number of nitrogens with one attached hydrogen (secondary N) is 1. The molecule has 1 aromatic rings. The normalized spacial score (nSPS) is 29.9. The summed E-state index contributed by atoms with van der Waals surface area (Å²) in [5, 5.41) is 68.0. The number of allylic oxidation sites excluding steroid dienone is 10. The number of methoxy groups -OCH3 is 1. The zero-order valence-electron chi connectivity index (χ0n) is 34.9. The molecule has 7 N–H and O–H groups in total. The molecule has 0 spiro atoms. The molecule has 0 radical (unpaired) electrons. The van der Waals surface area contributed by atoms with Crippen molar-refractivity contribution in [2.45, 2.75) is 110 Å². The van der Waals surface area contributed by atoms with Gasteiger partial charge in [0.1, 0.15) is 35.7 Å². The lowest BCUT2D eigenvalue weighted by molar-refractivity contribution is -0.359. The van der Waals surface area contributed by atoms with Crippen LogP contribution in [0.1, 0.15) is 65.2 Å². The predicted octanol–water partition coefficient (Wildman–Crippen LogP) is 3.09. The minimum atomic E-state index is -2.34. The van der Waals surface area contributed by atoms with E-state index in [9.17, 15) is 45.0 Å². The van der Waals surface area contributed by atoms with Crippen molar-refractivity contribution in [3.05, 3.63) is 112 Å². The van der Waals surface area contributed by atoms with E-state index in [0.717, 1.165) is 5.57 Å². The molecule has 3 heterocycles. The summed E-state index contributed by atoms with van der Waals surface area (Å²) in [6, 6.07) is 1.27. The Morgan fingerprint density at radius 2 is 1.67 bits per heavy atom. The maximum absolute atomic E-state index is 13.3. The van der Waals surface area contributed by atoms with Gasteiger partial charge in [-0.15, -0.1) is 0 Å². The fraction of sp³-hybridized carbons (Fsp3) is 0.523. The van der Waals surface area contributed by atoms with Gasteiger partial charge in [-0.2, -0.15) is 0 Å². The highest BCUT2D eigenvalue weighted by atomic mass is 16.7. The van der Waals surface area contributed by atoms with Gasteiger partial charge in [-0.25, -0.2) is 0 Å². The van der Waals surface area contributed by atoms with Gasteiger partial charge < -0.3 is 54.7 Å². The number of nitrogens with zero attached hydrogens (tertiary/aromatic N) is 1. The number of aromatic nitrogens is 1. The Kier molecular flexibility index (Phi) is 17.5. The summed E-state index contributed by atoms with van der Waals surface area (Å²) in [7, 11) is 3.01. The van der Waals surface area contributed by atoms with Crippen LogP contribution in [0.5, 0.6) is 5.75 Å². The van der Waals surface area contributed by atoms with Gasteiger partial charge in [0.05, 0.1) is 30.3 Å². The van der Waals surface area contributed by atoms with Crippen molar-refractivity contribution in [1.29, 1.82) is 0 Å². The smallest absolute Gasteiger partial charge is 0.265 e. The molecule has 2 fully saturated rings. The number of pyridine rings is 1. The first-order valence-corrected chi connectivity index (χ1v) is 19.5. The molecule has 14 nitrogen and oxygen atoms in total. The van der Waals surface area contributed by atoms with Gasteiger partial charge in [-0.3, -0.25) is 14.4 Å². The van der Waals surface area contributed by atoms with Gasteiger partial charge in [0, 0.05) is 38.2 Å². The van der Waals surface area contributed by atoms with E-state index >= 15 is 0 Å². The molecule has 0 unspecified atom stereocenters. The van der Waals surface area contributed by atoms with Crippen molar-refractivity contribution in [1.82, 2.24) is 9.88 Å². The number of rotatable bonds is 17. The van der Waals surface area contributed by atoms with Crippen molar-refractivity contribution in [3.8, 4) is 5.75 Å². The molecule has 1 amide bonds. The van der Waals surface area contributed by atoms with E-state index in [1.807, 2.05) is 26.8 Å². The maximum Gasteiger partial charge on any atom is 0.265 e. The average molecular weight is 811 g/mol. The molecule has 2 saturated heterocycles. The molecule has 3 rings (SSSR count). The first-order valence-electron chi connectivity index (χ1n) is 19.5. The summed E-state index contributed by atoms with van der Waals surface area (Å²) < 4.78 is 19.0. The Morgan fingerprint density at radius 1 is 1.00 bits per heavy atom. The lowest BCUT2D eigenvalue weighted by Crippen LogP contribution is -2.69. The van der Waals surface area contributed by atoms with Crippen molar-refractivity contribution in [2.24, 2.45) is 24.3 Å². The van der Waals surface area contributed by atoms with Gasteiger partial charge >= 0.3 is 0 Å². The molecule has 14 heteroatoms. The van der Waals surface area contributed by atoms with Crippen molar-refractivity contribution in [2.75, 3.05) is 13.7 Å². The lowest BCUT2D eigenvalue weighted by Gasteiger charge is -2.53. The van der Waals surface area contributed by atoms with Gasteiger partial charge in [-0.1, -0.05) is 101 Å². The largest absolute Gasteiger partial charge is 0.507 e. The Morgan fingerprint density at radius 3 is 2.31 bits per heavy atom. The van der Waals surface area contributed by atoms with Crippen LogP contribution in [0.15, 0.2) is 101 Å². The number of ether oxygens (including phenoxy) is 3. The number of aliphatic hydroxyl groups excluding tert-OH is 4. The molecule has 58 heavy (non-hydrogen) atoms. The average Bonchev–Trinajstić information content (AvgIpc) is 3.46. The second-order valence-corrected chi connectivity index (χ2v) is 15.5. The number of carbonyl (C=O) groups is 2. The number of aryl methyl sites for hydroxylation is 1. The number of aromatic hydroxyl groups is 1. The van der Waals surface area contributed by atoms with Gasteiger partial charge in [0.25, 0.3) is 5.56 Å². The first-order chi connectivity index (χ1) is 27.3. The number of hydrogen-bond acceptors (Lipinski definition) is 12. The molecule has 1 aromatic heterocycles. The van der Waals surface area contributed by atoms with E-state index in [2.05, 4.69) is 5.32 Å². The molecule has 2 aliphatic heterocycles. The molecular weight excluding hydrogens is 748 g/mol. The monoisotopic (exact) mass is 810 g/mol. The Labute approximate surface area is 340 Å². The van der Waals surface area contributed by atoms with Crippen LogP contribution < -0.4 is 10.9 Å². The second kappa shape index (κ2) is 21.1. The van der Waals surface area contributed by atoms with Crippen LogP contribution in [0.3, 0.4) is 0 Å². The number of aliphatic hydroxyl groups is 5. The number of amides is 1. The van der Waals surface area contributed by atoms with E-state index in [1.165, 1.54) is 44.0 Å². The van der Waals surface area contributed by atoms with Crippen molar-refractivity contribution in [3.63, 3.8) is 0 Å². The summed E-state index contributed by atoms with van der Waals surface area (Å²) in [6.45, 7) is 12.2. The van der Waals surface area contributed by atoms with Crippen LogP contribution in [0, 0.1) is 17.3 Å². The summed E-state index contributed by atoms with van der Waals surface area (Å²) in [6.07, 6.45) is 13.0. The highest BCUT2D eigenvalue weighted by Crippen LogP contribution is 2.44.